The first-order valence-electron chi connectivity index (χ1n) is 9.74. The number of anilines is 1. The number of methoxy groups -OCH3 is 1. The summed E-state index contributed by atoms with van der Waals surface area (Å²) in [6, 6.07) is 19.2. The first kappa shape index (κ1) is 21.8. The van der Waals surface area contributed by atoms with Crippen LogP contribution in [0.3, 0.4) is 0 Å². The van der Waals surface area contributed by atoms with Crippen molar-refractivity contribution >= 4 is 51.7 Å². The number of benzene rings is 3. The summed E-state index contributed by atoms with van der Waals surface area (Å²) in [5, 5.41) is 4.49. The van der Waals surface area contributed by atoms with Crippen molar-refractivity contribution in [2.75, 3.05) is 12.4 Å². The van der Waals surface area contributed by atoms with Crippen LogP contribution in [0.2, 0.25) is 10.0 Å². The van der Waals surface area contributed by atoms with Crippen LogP contribution >= 0.6 is 23.2 Å². The van der Waals surface area contributed by atoms with E-state index in [9.17, 15) is 9.59 Å². The fraction of sp³-hybridized carbons (Fsp3) is 0.0800. The molecule has 7 heteroatoms. The number of hydrogen-bond acceptors (Lipinski definition) is 4. The van der Waals surface area contributed by atoms with Gasteiger partial charge in [-0.15, -0.1) is 0 Å². The molecule has 0 aliphatic carbocycles. The molecule has 0 unspecified atom stereocenters. The molecular formula is C25H18Cl2N2O3. The van der Waals surface area contributed by atoms with Crippen LogP contribution in [-0.2, 0) is 4.74 Å². The maximum absolute atomic E-state index is 13.5. The second-order valence-corrected chi connectivity index (χ2v) is 7.94. The maximum atomic E-state index is 13.5. The van der Waals surface area contributed by atoms with E-state index in [0.717, 1.165) is 0 Å². The molecule has 0 atom stereocenters. The van der Waals surface area contributed by atoms with E-state index in [4.69, 9.17) is 32.9 Å². The number of halogens is 2. The van der Waals surface area contributed by atoms with E-state index in [0.29, 0.717) is 49.0 Å². The molecule has 0 bridgehead atoms. The standard InChI is InChI=1S/C25H18Cl2N2O3/c1-14-22(24(30)29-21-10-6-4-8-18(21)25(31)32-2)17-7-3-5-9-20(17)28-23(14)16-12-11-15(26)13-19(16)27/h3-13H,1-2H3,(H,29,30). The zero-order valence-corrected chi connectivity index (χ0v) is 18.8. The Balaban J connectivity index is 1.88. The molecule has 0 spiro atoms. The number of fused-ring (bicyclic) bond motifs is 1. The van der Waals surface area contributed by atoms with Gasteiger partial charge >= 0.3 is 5.97 Å². The van der Waals surface area contributed by atoms with Crippen LogP contribution in [-0.4, -0.2) is 24.0 Å². The second-order valence-electron chi connectivity index (χ2n) is 7.09. The summed E-state index contributed by atoms with van der Waals surface area (Å²) in [5.74, 6) is -0.908. The van der Waals surface area contributed by atoms with Crippen molar-refractivity contribution in [1.29, 1.82) is 0 Å². The van der Waals surface area contributed by atoms with Crippen LogP contribution < -0.4 is 5.32 Å². The van der Waals surface area contributed by atoms with Crippen molar-refractivity contribution in [3.8, 4) is 11.3 Å². The van der Waals surface area contributed by atoms with Crippen LogP contribution in [0.4, 0.5) is 5.69 Å². The lowest BCUT2D eigenvalue weighted by Crippen LogP contribution is -2.17. The first-order chi connectivity index (χ1) is 15.4. The number of pyridine rings is 1. The van der Waals surface area contributed by atoms with Gasteiger partial charge in [0, 0.05) is 16.0 Å². The molecule has 0 saturated heterocycles. The maximum Gasteiger partial charge on any atom is 0.339 e. The average molecular weight is 465 g/mol. The molecule has 0 radical (unpaired) electrons. The van der Waals surface area contributed by atoms with Crippen molar-refractivity contribution in [1.82, 2.24) is 4.98 Å². The Hall–Kier alpha value is -3.41. The molecule has 4 aromatic rings. The highest BCUT2D eigenvalue weighted by Crippen LogP contribution is 2.35. The summed E-state index contributed by atoms with van der Waals surface area (Å²) in [4.78, 5) is 30.4. The molecule has 0 aliphatic heterocycles. The predicted octanol–water partition coefficient (Wildman–Crippen LogP) is 6.56. The second kappa shape index (κ2) is 8.99. The summed E-state index contributed by atoms with van der Waals surface area (Å²) < 4.78 is 4.83. The number of amides is 1. The summed E-state index contributed by atoms with van der Waals surface area (Å²) in [6.45, 7) is 1.82. The molecule has 1 amide bonds. The third kappa shape index (κ3) is 4.05. The van der Waals surface area contributed by atoms with E-state index in [1.54, 1.807) is 42.5 Å². The van der Waals surface area contributed by atoms with Crippen LogP contribution in [0.15, 0.2) is 66.7 Å². The van der Waals surface area contributed by atoms with Gasteiger partial charge in [0.05, 0.1) is 40.2 Å². The van der Waals surface area contributed by atoms with Crippen LogP contribution in [0, 0.1) is 6.92 Å². The molecule has 1 N–H and O–H groups in total. The molecular weight excluding hydrogens is 447 g/mol. The molecule has 1 aromatic heterocycles. The zero-order valence-electron chi connectivity index (χ0n) is 17.3. The van der Waals surface area contributed by atoms with Gasteiger partial charge in [0.1, 0.15) is 0 Å². The monoisotopic (exact) mass is 464 g/mol. The van der Waals surface area contributed by atoms with E-state index in [1.807, 2.05) is 31.2 Å². The van der Waals surface area contributed by atoms with Crippen LogP contribution in [0.1, 0.15) is 26.3 Å². The van der Waals surface area contributed by atoms with Crippen LogP contribution in [0.25, 0.3) is 22.2 Å². The minimum Gasteiger partial charge on any atom is -0.465 e. The molecule has 0 aliphatic rings. The smallest absolute Gasteiger partial charge is 0.339 e. The van der Waals surface area contributed by atoms with Gasteiger partial charge in [-0.1, -0.05) is 53.5 Å². The van der Waals surface area contributed by atoms with Gasteiger partial charge in [0.15, 0.2) is 0 Å². The number of ether oxygens (including phenoxy) is 1. The van der Waals surface area contributed by atoms with Gasteiger partial charge in [0.2, 0.25) is 0 Å². The van der Waals surface area contributed by atoms with Crippen molar-refractivity contribution < 1.29 is 14.3 Å². The Kier molecular flexibility index (Phi) is 6.12. The minimum atomic E-state index is -0.536. The average Bonchev–Trinajstić information content (AvgIpc) is 2.78. The normalized spacial score (nSPS) is 10.8. The van der Waals surface area contributed by atoms with Gasteiger partial charge in [-0.25, -0.2) is 9.78 Å². The Morgan fingerprint density at radius 1 is 0.969 bits per heavy atom. The number of para-hydroxylation sites is 2. The Morgan fingerprint density at radius 3 is 2.44 bits per heavy atom. The lowest BCUT2D eigenvalue weighted by Gasteiger charge is -2.16. The fourth-order valence-electron chi connectivity index (χ4n) is 3.61. The van der Waals surface area contributed by atoms with E-state index in [-0.39, 0.29) is 11.5 Å². The minimum absolute atomic E-state index is 0.264. The van der Waals surface area contributed by atoms with Gasteiger partial charge in [-0.3, -0.25) is 4.79 Å². The molecule has 0 fully saturated rings. The summed E-state index contributed by atoms with van der Waals surface area (Å²) >= 11 is 12.5. The van der Waals surface area contributed by atoms with E-state index in [2.05, 4.69) is 5.32 Å². The van der Waals surface area contributed by atoms with Crippen molar-refractivity contribution in [3.05, 3.63) is 93.5 Å². The molecule has 160 valence electrons. The van der Waals surface area contributed by atoms with Gasteiger partial charge < -0.3 is 10.1 Å². The number of hydrogen-bond donors (Lipinski definition) is 1. The highest BCUT2D eigenvalue weighted by molar-refractivity contribution is 6.36. The van der Waals surface area contributed by atoms with Gasteiger partial charge in [-0.05, 0) is 48.9 Å². The predicted molar refractivity (Wildman–Crippen MR) is 128 cm³/mol. The quantitative estimate of drug-likeness (QED) is 0.347. The van der Waals surface area contributed by atoms with E-state index >= 15 is 0 Å². The zero-order chi connectivity index (χ0) is 22.8. The molecule has 1 heterocycles. The Labute approximate surface area is 194 Å². The highest BCUT2D eigenvalue weighted by Gasteiger charge is 2.22. The number of nitrogens with one attached hydrogen (secondary N) is 1. The third-order valence-corrected chi connectivity index (χ3v) is 5.68. The number of aromatic nitrogens is 1. The topological polar surface area (TPSA) is 68.3 Å². The number of esters is 1. The lowest BCUT2D eigenvalue weighted by molar-refractivity contribution is 0.0602. The van der Waals surface area contributed by atoms with E-state index < -0.39 is 5.97 Å². The highest BCUT2D eigenvalue weighted by atomic mass is 35.5. The SMILES string of the molecule is COC(=O)c1ccccc1NC(=O)c1c(C)c(-c2ccc(Cl)cc2Cl)nc2ccccc12. The molecule has 3 aromatic carbocycles. The number of nitrogens with zero attached hydrogens (tertiary/aromatic N) is 1. The van der Waals surface area contributed by atoms with Gasteiger partial charge in [-0.2, -0.15) is 0 Å². The largest absolute Gasteiger partial charge is 0.465 e. The van der Waals surface area contributed by atoms with Crippen molar-refractivity contribution in [2.24, 2.45) is 0 Å². The molecule has 5 nitrogen and oxygen atoms in total. The van der Waals surface area contributed by atoms with Crippen LogP contribution in [0.5, 0.6) is 0 Å². The van der Waals surface area contributed by atoms with Gasteiger partial charge in [0.25, 0.3) is 5.91 Å². The molecule has 4 rings (SSSR count). The Bertz CT molecular complexity index is 1370. The lowest BCUT2D eigenvalue weighted by atomic mass is 9.97. The Morgan fingerprint density at radius 2 is 1.69 bits per heavy atom. The molecule has 32 heavy (non-hydrogen) atoms. The number of carbonyl (C=O) groups excluding carboxylic acids is 2. The number of rotatable bonds is 4. The summed E-state index contributed by atoms with van der Waals surface area (Å²) in [5.41, 5.74) is 3.61. The van der Waals surface area contributed by atoms with Crippen molar-refractivity contribution in [3.63, 3.8) is 0 Å². The first-order valence-corrected chi connectivity index (χ1v) is 10.5. The summed E-state index contributed by atoms with van der Waals surface area (Å²) in [7, 11) is 1.30. The third-order valence-electron chi connectivity index (χ3n) is 5.13. The van der Waals surface area contributed by atoms with Crippen molar-refractivity contribution in [2.45, 2.75) is 6.92 Å². The van der Waals surface area contributed by atoms with E-state index in [1.165, 1.54) is 7.11 Å². The summed E-state index contributed by atoms with van der Waals surface area (Å²) in [6.07, 6.45) is 0. The number of carbonyl (C=O) groups is 2. The fourth-order valence-corrected chi connectivity index (χ4v) is 4.11. The molecule has 0 saturated carbocycles.